The summed E-state index contributed by atoms with van der Waals surface area (Å²) in [5.74, 6) is 0.463. The minimum Gasteiger partial charge on any atom is -0.387 e. The van der Waals surface area contributed by atoms with Crippen molar-refractivity contribution in [2.45, 2.75) is 58.1 Å². The Morgan fingerprint density at radius 3 is 3.00 bits per heavy atom. The molecule has 1 aliphatic rings. The lowest BCUT2D eigenvalue weighted by Crippen LogP contribution is -2.15. The van der Waals surface area contributed by atoms with Crippen molar-refractivity contribution in [2.24, 2.45) is 0 Å². The fourth-order valence-corrected chi connectivity index (χ4v) is 3.58. The number of aryl methyl sites for hydroxylation is 3. The van der Waals surface area contributed by atoms with E-state index in [0.29, 0.717) is 5.92 Å². The predicted molar refractivity (Wildman–Crippen MR) is 84.3 cm³/mol. The van der Waals surface area contributed by atoms with E-state index in [0.717, 1.165) is 24.4 Å². The van der Waals surface area contributed by atoms with Crippen molar-refractivity contribution < 1.29 is 5.11 Å². The molecule has 112 valence electrons. The highest BCUT2D eigenvalue weighted by Crippen LogP contribution is 2.37. The van der Waals surface area contributed by atoms with Gasteiger partial charge in [-0.05, 0) is 62.6 Å². The molecule has 0 spiro atoms. The molecule has 0 saturated heterocycles. The quantitative estimate of drug-likeness (QED) is 0.928. The van der Waals surface area contributed by atoms with Gasteiger partial charge < -0.3 is 5.11 Å². The van der Waals surface area contributed by atoms with Crippen LogP contribution >= 0.6 is 0 Å². The second kappa shape index (κ2) is 6.02. The maximum absolute atomic E-state index is 10.7. The molecule has 3 nitrogen and oxygen atoms in total. The minimum absolute atomic E-state index is 0.428. The molecule has 2 unspecified atom stereocenters. The summed E-state index contributed by atoms with van der Waals surface area (Å²) in [5, 5.41) is 15.1. The molecule has 1 aromatic heterocycles. The zero-order chi connectivity index (χ0) is 14.8. The molecule has 0 fully saturated rings. The van der Waals surface area contributed by atoms with Gasteiger partial charge >= 0.3 is 0 Å². The van der Waals surface area contributed by atoms with Gasteiger partial charge in [-0.3, -0.25) is 4.68 Å². The predicted octanol–water partition coefficient (Wildman–Crippen LogP) is 3.76. The van der Waals surface area contributed by atoms with Crippen LogP contribution in [0.1, 0.15) is 60.7 Å². The summed E-state index contributed by atoms with van der Waals surface area (Å²) < 4.78 is 1.93. The van der Waals surface area contributed by atoms with E-state index in [-0.39, 0.29) is 0 Å². The standard InChI is InChI=1S/C18H24N2O/c1-3-20-17(11-13(2)19-20)18(21)12-15-9-6-8-14-7-4-5-10-16(14)15/h4-5,7,10-11,15,18,21H,3,6,8-9,12H2,1-2H3. The number of hydrogen-bond acceptors (Lipinski definition) is 2. The van der Waals surface area contributed by atoms with Crippen molar-refractivity contribution >= 4 is 0 Å². The number of fused-ring (bicyclic) bond motifs is 1. The van der Waals surface area contributed by atoms with Crippen LogP contribution in [0.25, 0.3) is 0 Å². The number of aliphatic hydroxyl groups excluding tert-OH is 1. The fraction of sp³-hybridized carbons (Fsp3) is 0.500. The van der Waals surface area contributed by atoms with E-state index in [1.807, 2.05) is 17.7 Å². The van der Waals surface area contributed by atoms with E-state index in [2.05, 4.69) is 36.3 Å². The minimum atomic E-state index is -0.428. The molecule has 3 heteroatoms. The molecule has 21 heavy (non-hydrogen) atoms. The van der Waals surface area contributed by atoms with Gasteiger partial charge in [0.1, 0.15) is 0 Å². The fourth-order valence-electron chi connectivity index (χ4n) is 3.58. The summed E-state index contributed by atoms with van der Waals surface area (Å²) >= 11 is 0. The molecule has 0 amide bonds. The number of nitrogens with zero attached hydrogens (tertiary/aromatic N) is 2. The van der Waals surface area contributed by atoms with Gasteiger partial charge in [0, 0.05) is 6.54 Å². The van der Waals surface area contributed by atoms with Crippen LogP contribution in [0.3, 0.4) is 0 Å². The van der Waals surface area contributed by atoms with Crippen molar-refractivity contribution in [1.82, 2.24) is 9.78 Å². The largest absolute Gasteiger partial charge is 0.387 e. The average molecular weight is 284 g/mol. The highest BCUT2D eigenvalue weighted by molar-refractivity contribution is 5.33. The lowest BCUT2D eigenvalue weighted by Gasteiger charge is -2.27. The highest BCUT2D eigenvalue weighted by Gasteiger charge is 2.24. The van der Waals surface area contributed by atoms with E-state index in [1.54, 1.807) is 0 Å². The third kappa shape index (κ3) is 2.88. The maximum atomic E-state index is 10.7. The van der Waals surface area contributed by atoms with Crippen molar-refractivity contribution in [1.29, 1.82) is 0 Å². The third-order valence-corrected chi connectivity index (χ3v) is 4.58. The first-order chi connectivity index (χ1) is 10.2. The van der Waals surface area contributed by atoms with E-state index in [4.69, 9.17) is 0 Å². The van der Waals surface area contributed by atoms with Crippen LogP contribution in [0.4, 0.5) is 0 Å². The van der Waals surface area contributed by atoms with E-state index < -0.39 is 6.10 Å². The van der Waals surface area contributed by atoms with Crippen LogP contribution in [0.5, 0.6) is 0 Å². The highest BCUT2D eigenvalue weighted by atomic mass is 16.3. The Kier molecular flexibility index (Phi) is 4.11. The third-order valence-electron chi connectivity index (χ3n) is 4.58. The van der Waals surface area contributed by atoms with Crippen LogP contribution in [0.15, 0.2) is 30.3 Å². The zero-order valence-corrected chi connectivity index (χ0v) is 12.9. The van der Waals surface area contributed by atoms with Gasteiger partial charge in [-0.15, -0.1) is 0 Å². The number of rotatable bonds is 4. The second-order valence-electron chi connectivity index (χ2n) is 6.07. The van der Waals surface area contributed by atoms with E-state index >= 15 is 0 Å². The summed E-state index contributed by atoms with van der Waals surface area (Å²) in [6.07, 6.45) is 3.94. The van der Waals surface area contributed by atoms with Crippen LogP contribution < -0.4 is 0 Å². The van der Waals surface area contributed by atoms with Crippen LogP contribution in [0.2, 0.25) is 0 Å². The summed E-state index contributed by atoms with van der Waals surface area (Å²) in [7, 11) is 0. The Balaban J connectivity index is 1.81. The number of aromatic nitrogens is 2. The summed E-state index contributed by atoms with van der Waals surface area (Å²) in [5.41, 5.74) is 4.83. The van der Waals surface area contributed by atoms with E-state index in [9.17, 15) is 5.11 Å². The lowest BCUT2D eigenvalue weighted by molar-refractivity contribution is 0.144. The Morgan fingerprint density at radius 1 is 1.38 bits per heavy atom. The van der Waals surface area contributed by atoms with Crippen molar-refractivity contribution in [3.63, 3.8) is 0 Å². The smallest absolute Gasteiger partial charge is 0.0962 e. The van der Waals surface area contributed by atoms with Crippen LogP contribution in [-0.4, -0.2) is 14.9 Å². The van der Waals surface area contributed by atoms with Crippen LogP contribution in [-0.2, 0) is 13.0 Å². The molecular weight excluding hydrogens is 260 g/mol. The van der Waals surface area contributed by atoms with Gasteiger partial charge in [0.15, 0.2) is 0 Å². The van der Waals surface area contributed by atoms with Crippen molar-refractivity contribution in [3.8, 4) is 0 Å². The molecule has 2 atom stereocenters. The summed E-state index contributed by atoms with van der Waals surface area (Å²) in [6.45, 7) is 4.86. The molecule has 0 saturated carbocycles. The Labute approximate surface area is 126 Å². The molecule has 0 radical (unpaired) electrons. The number of aliphatic hydroxyl groups is 1. The Hall–Kier alpha value is -1.61. The summed E-state index contributed by atoms with van der Waals surface area (Å²) in [6, 6.07) is 10.7. The lowest BCUT2D eigenvalue weighted by atomic mass is 9.79. The first-order valence-electron chi connectivity index (χ1n) is 7.99. The van der Waals surface area contributed by atoms with Gasteiger partial charge in [0.25, 0.3) is 0 Å². The van der Waals surface area contributed by atoms with E-state index in [1.165, 1.54) is 30.4 Å². The van der Waals surface area contributed by atoms with Gasteiger partial charge in [-0.2, -0.15) is 5.10 Å². The topological polar surface area (TPSA) is 38.0 Å². The zero-order valence-electron chi connectivity index (χ0n) is 12.9. The molecule has 1 aliphatic carbocycles. The van der Waals surface area contributed by atoms with Crippen molar-refractivity contribution in [3.05, 3.63) is 52.8 Å². The monoisotopic (exact) mass is 284 g/mol. The first kappa shape index (κ1) is 14.3. The van der Waals surface area contributed by atoms with Crippen molar-refractivity contribution in [2.75, 3.05) is 0 Å². The first-order valence-corrected chi connectivity index (χ1v) is 7.99. The van der Waals surface area contributed by atoms with Gasteiger partial charge in [0.05, 0.1) is 17.5 Å². The summed E-state index contributed by atoms with van der Waals surface area (Å²) in [4.78, 5) is 0. The molecule has 1 N–H and O–H groups in total. The van der Waals surface area contributed by atoms with Gasteiger partial charge in [0.2, 0.25) is 0 Å². The average Bonchev–Trinajstić information content (AvgIpc) is 2.89. The molecule has 3 rings (SSSR count). The maximum Gasteiger partial charge on any atom is 0.0962 e. The van der Waals surface area contributed by atoms with Gasteiger partial charge in [-0.25, -0.2) is 0 Å². The second-order valence-corrected chi connectivity index (χ2v) is 6.07. The van der Waals surface area contributed by atoms with Crippen LogP contribution in [0, 0.1) is 6.92 Å². The number of benzene rings is 1. The normalized spacial score (nSPS) is 19.3. The molecular formula is C18H24N2O. The Bertz CT molecular complexity index is 617. The Morgan fingerprint density at radius 2 is 2.19 bits per heavy atom. The molecule has 2 aromatic rings. The molecule has 1 heterocycles. The molecule has 0 bridgehead atoms. The SMILES string of the molecule is CCn1nc(C)cc1C(O)CC1CCCc2ccccc21. The number of hydrogen-bond donors (Lipinski definition) is 1. The van der Waals surface area contributed by atoms with Gasteiger partial charge in [-0.1, -0.05) is 24.3 Å². The molecule has 1 aromatic carbocycles. The molecule has 0 aliphatic heterocycles.